The molecular weight excluding hydrogens is 284 g/mol. The van der Waals surface area contributed by atoms with Crippen LogP contribution in [0.2, 0.25) is 0 Å². The second kappa shape index (κ2) is 7.96. The van der Waals surface area contributed by atoms with Gasteiger partial charge in [-0.2, -0.15) is 0 Å². The number of para-hydroxylation sites is 1. The molecular formula is C20H32N2O. The first kappa shape index (κ1) is 18.0. The highest BCUT2D eigenvalue weighted by Crippen LogP contribution is 2.29. The molecule has 1 fully saturated rings. The van der Waals surface area contributed by atoms with E-state index in [2.05, 4.69) is 44.0 Å². The Hall–Kier alpha value is -1.35. The van der Waals surface area contributed by atoms with E-state index >= 15 is 0 Å². The van der Waals surface area contributed by atoms with Gasteiger partial charge in [0.1, 0.15) is 0 Å². The fourth-order valence-corrected chi connectivity index (χ4v) is 3.52. The van der Waals surface area contributed by atoms with Crippen molar-refractivity contribution in [2.75, 3.05) is 18.4 Å². The van der Waals surface area contributed by atoms with Crippen molar-refractivity contribution in [1.82, 2.24) is 4.90 Å². The summed E-state index contributed by atoms with van der Waals surface area (Å²) in [5.74, 6) is 0.127. The van der Waals surface area contributed by atoms with Crippen LogP contribution >= 0.6 is 0 Å². The lowest BCUT2D eigenvalue weighted by atomic mass is 9.86. The second-order valence-electron chi connectivity index (χ2n) is 7.69. The number of hydrogen-bond acceptors (Lipinski definition) is 2. The summed E-state index contributed by atoms with van der Waals surface area (Å²) in [7, 11) is 0. The van der Waals surface area contributed by atoms with E-state index in [0.29, 0.717) is 12.5 Å². The molecule has 1 N–H and O–H groups in total. The summed E-state index contributed by atoms with van der Waals surface area (Å²) in [4.78, 5) is 14.9. The van der Waals surface area contributed by atoms with Gasteiger partial charge >= 0.3 is 0 Å². The molecule has 1 aromatic carbocycles. The number of carbonyl (C=O) groups is 1. The van der Waals surface area contributed by atoms with Gasteiger partial charge in [0, 0.05) is 24.7 Å². The predicted octanol–water partition coefficient (Wildman–Crippen LogP) is 4.58. The molecule has 23 heavy (non-hydrogen) atoms. The minimum absolute atomic E-state index is 0.0318. The molecule has 3 heteroatoms. The van der Waals surface area contributed by atoms with E-state index in [9.17, 15) is 4.79 Å². The normalized spacial score (nSPS) is 19.6. The molecule has 0 aromatic heterocycles. The van der Waals surface area contributed by atoms with Gasteiger partial charge in [-0.3, -0.25) is 9.69 Å². The standard InChI is InChI=1S/C20H32N2O/c1-5-16-10-8-9-14-22(16)15-13-19(23)21-18-12-7-6-11-17(18)20(2,3)4/h6-7,11-12,16H,5,8-10,13-15H2,1-4H3,(H,21,23). The minimum atomic E-state index is 0.0318. The van der Waals surface area contributed by atoms with Crippen LogP contribution in [0.1, 0.15) is 65.4 Å². The van der Waals surface area contributed by atoms with E-state index in [1.165, 1.54) is 31.2 Å². The first-order valence-electron chi connectivity index (χ1n) is 9.05. The number of piperidine rings is 1. The van der Waals surface area contributed by atoms with Crippen LogP contribution in [0.25, 0.3) is 0 Å². The summed E-state index contributed by atoms with van der Waals surface area (Å²) in [5.41, 5.74) is 2.18. The second-order valence-corrected chi connectivity index (χ2v) is 7.69. The van der Waals surface area contributed by atoms with Crippen molar-refractivity contribution in [3.05, 3.63) is 29.8 Å². The topological polar surface area (TPSA) is 32.3 Å². The molecule has 3 nitrogen and oxygen atoms in total. The van der Waals surface area contributed by atoms with Crippen LogP contribution in [0.3, 0.4) is 0 Å². The van der Waals surface area contributed by atoms with Gasteiger partial charge in [0.25, 0.3) is 0 Å². The van der Waals surface area contributed by atoms with Crippen molar-refractivity contribution < 1.29 is 4.79 Å². The van der Waals surface area contributed by atoms with Crippen LogP contribution in [-0.2, 0) is 10.2 Å². The fourth-order valence-electron chi connectivity index (χ4n) is 3.52. The van der Waals surface area contributed by atoms with Gasteiger partial charge in [0.15, 0.2) is 0 Å². The maximum atomic E-state index is 12.4. The Morgan fingerprint density at radius 2 is 2.00 bits per heavy atom. The van der Waals surface area contributed by atoms with E-state index in [1.54, 1.807) is 0 Å². The van der Waals surface area contributed by atoms with E-state index in [4.69, 9.17) is 0 Å². The van der Waals surface area contributed by atoms with E-state index < -0.39 is 0 Å². The van der Waals surface area contributed by atoms with Crippen LogP contribution < -0.4 is 5.32 Å². The number of amides is 1. The zero-order valence-electron chi connectivity index (χ0n) is 15.2. The number of rotatable bonds is 5. The summed E-state index contributed by atoms with van der Waals surface area (Å²) < 4.78 is 0. The molecule has 1 aliphatic rings. The molecule has 1 amide bonds. The van der Waals surface area contributed by atoms with Crippen LogP contribution in [-0.4, -0.2) is 29.9 Å². The molecule has 128 valence electrons. The number of carbonyl (C=O) groups excluding carboxylic acids is 1. The Kier molecular flexibility index (Phi) is 6.23. The van der Waals surface area contributed by atoms with Crippen molar-refractivity contribution in [2.24, 2.45) is 0 Å². The third-order valence-corrected chi connectivity index (χ3v) is 4.86. The van der Waals surface area contributed by atoms with Crippen LogP contribution in [0.5, 0.6) is 0 Å². The van der Waals surface area contributed by atoms with Crippen molar-refractivity contribution in [2.45, 2.75) is 71.3 Å². The summed E-state index contributed by atoms with van der Waals surface area (Å²) >= 11 is 0. The van der Waals surface area contributed by atoms with E-state index in [0.717, 1.165) is 18.8 Å². The average molecular weight is 316 g/mol. The maximum absolute atomic E-state index is 12.4. The zero-order valence-corrected chi connectivity index (χ0v) is 15.2. The highest BCUT2D eigenvalue weighted by Gasteiger charge is 2.22. The Morgan fingerprint density at radius 3 is 2.70 bits per heavy atom. The number of nitrogens with zero attached hydrogens (tertiary/aromatic N) is 1. The predicted molar refractivity (Wildman–Crippen MR) is 97.9 cm³/mol. The number of nitrogens with one attached hydrogen (secondary N) is 1. The molecule has 2 rings (SSSR count). The SMILES string of the molecule is CCC1CCCCN1CCC(=O)Nc1ccccc1C(C)(C)C. The molecule has 0 bridgehead atoms. The van der Waals surface area contributed by atoms with Crippen LogP contribution in [0.15, 0.2) is 24.3 Å². The average Bonchev–Trinajstić information content (AvgIpc) is 2.52. The summed E-state index contributed by atoms with van der Waals surface area (Å²) in [6.07, 6.45) is 5.65. The quantitative estimate of drug-likeness (QED) is 0.862. The largest absolute Gasteiger partial charge is 0.326 e. The Balaban J connectivity index is 1.93. The molecule has 1 saturated heterocycles. The lowest BCUT2D eigenvalue weighted by molar-refractivity contribution is -0.116. The van der Waals surface area contributed by atoms with Gasteiger partial charge in [0.05, 0.1) is 0 Å². The monoisotopic (exact) mass is 316 g/mol. The summed E-state index contributed by atoms with van der Waals surface area (Å²) in [6, 6.07) is 8.80. The number of hydrogen-bond donors (Lipinski definition) is 1. The summed E-state index contributed by atoms with van der Waals surface area (Å²) in [5, 5.41) is 3.12. The van der Waals surface area contributed by atoms with Gasteiger partial charge in [-0.25, -0.2) is 0 Å². The molecule has 0 radical (unpaired) electrons. The summed E-state index contributed by atoms with van der Waals surface area (Å²) in [6.45, 7) is 10.8. The van der Waals surface area contributed by atoms with Gasteiger partial charge in [-0.15, -0.1) is 0 Å². The van der Waals surface area contributed by atoms with Crippen molar-refractivity contribution in [3.8, 4) is 0 Å². The highest BCUT2D eigenvalue weighted by atomic mass is 16.1. The molecule has 1 atom stereocenters. The van der Waals surface area contributed by atoms with Gasteiger partial charge < -0.3 is 5.32 Å². The van der Waals surface area contributed by atoms with Crippen molar-refractivity contribution >= 4 is 11.6 Å². The number of benzene rings is 1. The Morgan fingerprint density at radius 1 is 1.26 bits per heavy atom. The number of anilines is 1. The van der Waals surface area contributed by atoms with Crippen molar-refractivity contribution in [1.29, 1.82) is 0 Å². The van der Waals surface area contributed by atoms with Gasteiger partial charge in [-0.1, -0.05) is 52.3 Å². The Bertz CT molecular complexity index is 519. The molecule has 0 spiro atoms. The van der Waals surface area contributed by atoms with Gasteiger partial charge in [-0.05, 0) is 42.9 Å². The highest BCUT2D eigenvalue weighted by molar-refractivity contribution is 5.91. The van der Waals surface area contributed by atoms with Crippen molar-refractivity contribution in [3.63, 3.8) is 0 Å². The molecule has 1 heterocycles. The lowest BCUT2D eigenvalue weighted by Crippen LogP contribution is -2.40. The zero-order chi connectivity index (χ0) is 16.9. The first-order chi connectivity index (χ1) is 10.9. The number of likely N-dealkylation sites (tertiary alicyclic amines) is 1. The minimum Gasteiger partial charge on any atom is -0.326 e. The molecule has 1 unspecified atom stereocenters. The van der Waals surface area contributed by atoms with Crippen LogP contribution in [0.4, 0.5) is 5.69 Å². The third kappa shape index (κ3) is 5.07. The van der Waals surface area contributed by atoms with E-state index in [1.807, 2.05) is 18.2 Å². The molecule has 1 aromatic rings. The van der Waals surface area contributed by atoms with E-state index in [-0.39, 0.29) is 11.3 Å². The fraction of sp³-hybridized carbons (Fsp3) is 0.650. The van der Waals surface area contributed by atoms with Gasteiger partial charge in [0.2, 0.25) is 5.91 Å². The molecule has 1 aliphatic heterocycles. The smallest absolute Gasteiger partial charge is 0.225 e. The third-order valence-electron chi connectivity index (χ3n) is 4.86. The molecule has 0 aliphatic carbocycles. The maximum Gasteiger partial charge on any atom is 0.225 e. The first-order valence-corrected chi connectivity index (χ1v) is 9.05. The Labute approximate surface area is 141 Å². The molecule has 0 saturated carbocycles. The van der Waals surface area contributed by atoms with Crippen LogP contribution in [0, 0.1) is 0 Å². The lowest BCUT2D eigenvalue weighted by Gasteiger charge is -2.35.